The van der Waals surface area contributed by atoms with E-state index in [0.717, 1.165) is 0 Å². The van der Waals surface area contributed by atoms with Crippen LogP contribution in [0.3, 0.4) is 0 Å². The number of Topliss-reactive ketones (excluding diaryl/α,β-unsaturated/α-hetero) is 1. The number of hydrogen-bond donors (Lipinski definition) is 1. The smallest absolute Gasteiger partial charge is 0.331 e. The summed E-state index contributed by atoms with van der Waals surface area (Å²) in [7, 11) is 0. The molecule has 0 bridgehead atoms. The number of ketones is 1. The maximum absolute atomic E-state index is 11.8. The summed E-state index contributed by atoms with van der Waals surface area (Å²) in [6, 6.07) is 4.59. The van der Waals surface area contributed by atoms with E-state index in [0.29, 0.717) is 4.47 Å². The molecule has 0 spiro atoms. The molecule has 1 aromatic carbocycles. The van der Waals surface area contributed by atoms with Crippen molar-refractivity contribution in [2.24, 2.45) is 11.7 Å². The molecule has 1 aliphatic heterocycles. The molecule has 6 heteroatoms. The van der Waals surface area contributed by atoms with E-state index < -0.39 is 23.6 Å². The van der Waals surface area contributed by atoms with Crippen LogP contribution in [0.5, 0.6) is 5.75 Å². The number of primary amides is 1. The van der Waals surface area contributed by atoms with Crippen molar-refractivity contribution in [2.45, 2.75) is 0 Å². The topological polar surface area (TPSA) is 86.5 Å². The Labute approximate surface area is 98.7 Å². The van der Waals surface area contributed by atoms with Gasteiger partial charge in [0, 0.05) is 4.47 Å². The van der Waals surface area contributed by atoms with Gasteiger partial charge in [-0.05, 0) is 18.2 Å². The number of amides is 1. The zero-order valence-corrected chi connectivity index (χ0v) is 9.48. The lowest BCUT2D eigenvalue weighted by molar-refractivity contribution is -0.142. The third kappa shape index (κ3) is 1.61. The summed E-state index contributed by atoms with van der Waals surface area (Å²) in [5, 5.41) is 0. The van der Waals surface area contributed by atoms with Crippen LogP contribution in [-0.2, 0) is 9.59 Å². The van der Waals surface area contributed by atoms with Crippen LogP contribution in [0, 0.1) is 5.92 Å². The maximum Gasteiger partial charge on any atom is 0.331 e. The Bertz CT molecular complexity index is 512. The Balaban J connectivity index is 2.55. The Hall–Kier alpha value is -1.69. The summed E-state index contributed by atoms with van der Waals surface area (Å²) in [4.78, 5) is 34.1. The van der Waals surface area contributed by atoms with Crippen molar-refractivity contribution >= 4 is 33.6 Å². The molecule has 5 nitrogen and oxygen atoms in total. The van der Waals surface area contributed by atoms with E-state index in [1.165, 1.54) is 12.1 Å². The first-order chi connectivity index (χ1) is 7.50. The first-order valence-corrected chi connectivity index (χ1v) is 5.15. The number of rotatable bonds is 1. The van der Waals surface area contributed by atoms with Crippen molar-refractivity contribution in [3.05, 3.63) is 28.2 Å². The number of esters is 1. The lowest BCUT2D eigenvalue weighted by Crippen LogP contribution is -2.42. The van der Waals surface area contributed by atoms with E-state index in [2.05, 4.69) is 15.9 Å². The van der Waals surface area contributed by atoms with Gasteiger partial charge in [0.1, 0.15) is 5.75 Å². The second-order valence-corrected chi connectivity index (χ2v) is 4.18. The number of benzene rings is 1. The van der Waals surface area contributed by atoms with Crippen LogP contribution in [0.1, 0.15) is 10.4 Å². The fraction of sp³-hybridized carbons (Fsp3) is 0.100. The molecule has 2 N–H and O–H groups in total. The molecule has 1 aromatic rings. The van der Waals surface area contributed by atoms with Crippen molar-refractivity contribution < 1.29 is 19.1 Å². The van der Waals surface area contributed by atoms with Gasteiger partial charge in [-0.2, -0.15) is 0 Å². The number of carbonyl (C=O) groups is 3. The van der Waals surface area contributed by atoms with Crippen molar-refractivity contribution in [2.75, 3.05) is 0 Å². The summed E-state index contributed by atoms with van der Waals surface area (Å²) < 4.78 is 5.50. The van der Waals surface area contributed by atoms with Gasteiger partial charge in [-0.15, -0.1) is 0 Å². The highest BCUT2D eigenvalue weighted by atomic mass is 79.9. The minimum Gasteiger partial charge on any atom is -0.425 e. The SMILES string of the molecule is NC(=O)C1C(=O)Oc2ccc(Br)cc2C1=O. The predicted octanol–water partition coefficient (Wildman–Crippen LogP) is 0.652. The largest absolute Gasteiger partial charge is 0.425 e. The van der Waals surface area contributed by atoms with Crippen molar-refractivity contribution in [3.63, 3.8) is 0 Å². The summed E-state index contributed by atoms with van der Waals surface area (Å²) >= 11 is 3.18. The first kappa shape index (κ1) is 10.8. The molecule has 0 fully saturated rings. The molecule has 82 valence electrons. The van der Waals surface area contributed by atoms with Gasteiger partial charge in [-0.3, -0.25) is 14.4 Å². The minimum absolute atomic E-state index is 0.149. The maximum atomic E-state index is 11.8. The molecule has 0 saturated carbocycles. The van der Waals surface area contributed by atoms with Crippen LogP contribution < -0.4 is 10.5 Å². The highest BCUT2D eigenvalue weighted by molar-refractivity contribution is 9.10. The summed E-state index contributed by atoms with van der Waals surface area (Å²) in [6.07, 6.45) is 0. The van der Waals surface area contributed by atoms with E-state index in [4.69, 9.17) is 10.5 Å². The average Bonchev–Trinajstić information content (AvgIpc) is 2.19. The van der Waals surface area contributed by atoms with Gasteiger partial charge in [0.2, 0.25) is 5.91 Å². The lowest BCUT2D eigenvalue weighted by Gasteiger charge is -2.19. The molecule has 0 aliphatic carbocycles. The molecule has 1 atom stereocenters. The van der Waals surface area contributed by atoms with E-state index in [1.807, 2.05) is 0 Å². The van der Waals surface area contributed by atoms with E-state index in [1.54, 1.807) is 6.07 Å². The van der Waals surface area contributed by atoms with Crippen molar-refractivity contribution in [1.82, 2.24) is 0 Å². The van der Waals surface area contributed by atoms with Crippen LogP contribution in [0.15, 0.2) is 22.7 Å². The molecule has 0 saturated heterocycles. The fourth-order valence-electron chi connectivity index (χ4n) is 1.46. The summed E-state index contributed by atoms with van der Waals surface area (Å²) in [6.45, 7) is 0. The van der Waals surface area contributed by atoms with Crippen LogP contribution in [0.2, 0.25) is 0 Å². The van der Waals surface area contributed by atoms with Crippen molar-refractivity contribution in [3.8, 4) is 5.75 Å². The fourth-order valence-corrected chi connectivity index (χ4v) is 1.82. The van der Waals surface area contributed by atoms with Gasteiger partial charge in [-0.25, -0.2) is 0 Å². The third-order valence-corrected chi connectivity index (χ3v) is 2.69. The van der Waals surface area contributed by atoms with E-state index in [-0.39, 0.29) is 11.3 Å². The molecule has 1 aliphatic rings. The van der Waals surface area contributed by atoms with Crippen molar-refractivity contribution in [1.29, 1.82) is 0 Å². The number of carbonyl (C=O) groups excluding carboxylic acids is 3. The van der Waals surface area contributed by atoms with E-state index >= 15 is 0 Å². The lowest BCUT2D eigenvalue weighted by atomic mass is 9.94. The Morgan fingerprint density at radius 3 is 2.69 bits per heavy atom. The monoisotopic (exact) mass is 283 g/mol. The normalized spacial score (nSPS) is 18.9. The molecular formula is C10H6BrNO4. The Morgan fingerprint density at radius 1 is 1.38 bits per heavy atom. The van der Waals surface area contributed by atoms with Crippen LogP contribution in [0.25, 0.3) is 0 Å². The predicted molar refractivity (Wildman–Crippen MR) is 56.8 cm³/mol. The quantitative estimate of drug-likeness (QED) is 0.466. The van der Waals surface area contributed by atoms with Crippen LogP contribution >= 0.6 is 15.9 Å². The average molecular weight is 284 g/mol. The van der Waals surface area contributed by atoms with Gasteiger partial charge in [0.25, 0.3) is 0 Å². The molecular weight excluding hydrogens is 278 g/mol. The van der Waals surface area contributed by atoms with Gasteiger partial charge < -0.3 is 10.5 Å². The van der Waals surface area contributed by atoms with Crippen LogP contribution in [-0.4, -0.2) is 17.7 Å². The third-order valence-electron chi connectivity index (χ3n) is 2.20. The highest BCUT2D eigenvalue weighted by Gasteiger charge is 2.40. The molecule has 1 heterocycles. The molecule has 1 unspecified atom stereocenters. The molecule has 2 rings (SSSR count). The number of halogens is 1. The second kappa shape index (κ2) is 3.71. The zero-order chi connectivity index (χ0) is 11.9. The van der Waals surface area contributed by atoms with Gasteiger partial charge >= 0.3 is 5.97 Å². The zero-order valence-electron chi connectivity index (χ0n) is 7.90. The number of nitrogens with two attached hydrogens (primary N) is 1. The molecule has 16 heavy (non-hydrogen) atoms. The minimum atomic E-state index is -1.54. The summed E-state index contributed by atoms with van der Waals surface area (Å²) in [5.74, 6) is -3.94. The van der Waals surface area contributed by atoms with E-state index in [9.17, 15) is 14.4 Å². The number of ether oxygens (including phenoxy) is 1. The van der Waals surface area contributed by atoms with Gasteiger partial charge in [0.15, 0.2) is 11.7 Å². The Morgan fingerprint density at radius 2 is 2.06 bits per heavy atom. The molecule has 0 radical (unpaired) electrons. The molecule has 1 amide bonds. The number of fused-ring (bicyclic) bond motifs is 1. The van der Waals surface area contributed by atoms with Crippen LogP contribution in [0.4, 0.5) is 0 Å². The standard InChI is InChI=1S/C10H6BrNO4/c11-4-1-2-6-5(3-4)8(13)7(9(12)14)10(15)16-6/h1-3,7H,(H2,12,14). The number of hydrogen-bond acceptors (Lipinski definition) is 4. The Kier molecular flexibility index (Phi) is 2.51. The second-order valence-electron chi connectivity index (χ2n) is 3.26. The summed E-state index contributed by atoms with van der Waals surface area (Å²) in [5.41, 5.74) is 5.15. The molecule has 0 aromatic heterocycles. The van der Waals surface area contributed by atoms with Gasteiger partial charge in [0.05, 0.1) is 5.56 Å². The highest BCUT2D eigenvalue weighted by Crippen LogP contribution is 2.30. The van der Waals surface area contributed by atoms with Gasteiger partial charge in [-0.1, -0.05) is 15.9 Å². The first-order valence-electron chi connectivity index (χ1n) is 4.35.